The number of benzene rings is 1. The lowest BCUT2D eigenvalue weighted by atomic mass is 10.0. The van der Waals surface area contributed by atoms with E-state index in [2.05, 4.69) is 0 Å². The van der Waals surface area contributed by atoms with Crippen LogP contribution in [0, 0.1) is 5.82 Å². The minimum absolute atomic E-state index is 0.0330. The number of halogens is 2. The van der Waals surface area contributed by atoms with E-state index in [4.69, 9.17) is 16.3 Å². The van der Waals surface area contributed by atoms with Crippen molar-refractivity contribution in [1.82, 2.24) is 0 Å². The normalized spacial score (nSPS) is 20.2. The van der Waals surface area contributed by atoms with Crippen LogP contribution in [0.3, 0.4) is 0 Å². The minimum atomic E-state index is -0.294. The molecule has 0 aromatic heterocycles. The molecule has 0 fully saturated rings. The van der Waals surface area contributed by atoms with E-state index in [1.165, 1.54) is 7.11 Å². The summed E-state index contributed by atoms with van der Waals surface area (Å²) < 4.78 is 18.8. The van der Waals surface area contributed by atoms with Crippen molar-refractivity contribution in [3.63, 3.8) is 0 Å². The Bertz CT molecular complexity index is 401. The predicted octanol–water partition coefficient (Wildman–Crippen LogP) is 3.62. The van der Waals surface area contributed by atoms with Crippen LogP contribution in [0.5, 0.6) is 5.75 Å². The maximum Gasteiger partial charge on any atom is 0.172 e. The quantitative estimate of drug-likeness (QED) is 0.700. The molecule has 1 unspecified atom stereocenters. The molecule has 1 aromatic carbocycles. The molecule has 3 heteroatoms. The molecule has 2 rings (SSSR count). The smallest absolute Gasteiger partial charge is 0.172 e. The Kier molecular flexibility index (Phi) is 2.96. The third kappa shape index (κ3) is 2.00. The summed E-state index contributed by atoms with van der Waals surface area (Å²) in [5.41, 5.74) is 1.59. The highest BCUT2D eigenvalue weighted by Gasteiger charge is 2.18. The number of allylic oxidation sites excluding steroid dienone is 2. The molecule has 0 radical (unpaired) electrons. The number of alkyl halides is 1. The lowest BCUT2D eigenvalue weighted by molar-refractivity contribution is 0.386. The van der Waals surface area contributed by atoms with Gasteiger partial charge < -0.3 is 4.74 Å². The molecule has 0 heterocycles. The average Bonchev–Trinajstić information content (AvgIpc) is 2.65. The first kappa shape index (κ1) is 10.5. The third-order valence-electron chi connectivity index (χ3n) is 2.60. The van der Waals surface area contributed by atoms with E-state index in [1.54, 1.807) is 18.2 Å². The molecule has 0 aliphatic heterocycles. The van der Waals surface area contributed by atoms with E-state index < -0.39 is 0 Å². The second-order valence-corrected chi connectivity index (χ2v) is 4.13. The van der Waals surface area contributed by atoms with E-state index in [1.807, 2.05) is 6.08 Å². The largest absolute Gasteiger partial charge is 0.494 e. The van der Waals surface area contributed by atoms with Gasteiger partial charge in [-0.15, -0.1) is 11.6 Å². The van der Waals surface area contributed by atoms with Crippen molar-refractivity contribution in [2.75, 3.05) is 7.11 Å². The van der Waals surface area contributed by atoms with Crippen molar-refractivity contribution in [2.24, 2.45) is 0 Å². The molecule has 1 nitrogen and oxygen atoms in total. The summed E-state index contributed by atoms with van der Waals surface area (Å²) in [6, 6.07) is 5.17. The third-order valence-corrected chi connectivity index (χ3v) is 2.94. The maximum atomic E-state index is 13.8. The summed E-state index contributed by atoms with van der Waals surface area (Å²) in [6.45, 7) is 0. The van der Waals surface area contributed by atoms with E-state index in [0.29, 0.717) is 5.56 Å². The van der Waals surface area contributed by atoms with Gasteiger partial charge >= 0.3 is 0 Å². The van der Waals surface area contributed by atoms with Gasteiger partial charge in [-0.2, -0.15) is 0 Å². The van der Waals surface area contributed by atoms with Crippen LogP contribution in [0.2, 0.25) is 0 Å². The Morgan fingerprint density at radius 1 is 1.47 bits per heavy atom. The van der Waals surface area contributed by atoms with E-state index in [0.717, 1.165) is 18.4 Å². The van der Waals surface area contributed by atoms with Gasteiger partial charge in [0.05, 0.1) is 12.5 Å². The molecule has 1 atom stereocenters. The fourth-order valence-corrected chi connectivity index (χ4v) is 2.08. The number of hydrogen-bond acceptors (Lipinski definition) is 1. The van der Waals surface area contributed by atoms with Crippen molar-refractivity contribution < 1.29 is 9.13 Å². The molecule has 15 heavy (non-hydrogen) atoms. The molecule has 1 aromatic rings. The molecular formula is C12H12ClFO. The van der Waals surface area contributed by atoms with Gasteiger partial charge in [-0.3, -0.25) is 0 Å². The molecule has 0 N–H and O–H groups in total. The summed E-state index contributed by atoms with van der Waals surface area (Å²) in [4.78, 5) is 0. The second kappa shape index (κ2) is 4.23. The van der Waals surface area contributed by atoms with Gasteiger partial charge in [-0.25, -0.2) is 4.39 Å². The molecule has 0 saturated heterocycles. The molecular weight excluding hydrogens is 215 g/mol. The van der Waals surface area contributed by atoms with Crippen LogP contribution in [-0.2, 0) is 0 Å². The monoisotopic (exact) mass is 226 g/mol. The minimum Gasteiger partial charge on any atom is -0.494 e. The molecule has 80 valence electrons. The number of methoxy groups -OCH3 is 1. The van der Waals surface area contributed by atoms with Gasteiger partial charge in [0.1, 0.15) is 0 Å². The lowest BCUT2D eigenvalue weighted by Gasteiger charge is -2.07. The van der Waals surface area contributed by atoms with Gasteiger partial charge in [0.15, 0.2) is 11.6 Å². The van der Waals surface area contributed by atoms with Gasteiger partial charge in [-0.05, 0) is 24.5 Å². The number of hydrogen-bond donors (Lipinski definition) is 0. The fourth-order valence-electron chi connectivity index (χ4n) is 1.82. The van der Waals surface area contributed by atoms with Gasteiger partial charge in [0, 0.05) is 5.56 Å². The van der Waals surface area contributed by atoms with Gasteiger partial charge in [-0.1, -0.05) is 18.2 Å². The first-order chi connectivity index (χ1) is 7.22. The number of ether oxygens (including phenoxy) is 1. The first-order valence-electron chi connectivity index (χ1n) is 4.90. The van der Waals surface area contributed by atoms with Crippen LogP contribution in [-0.4, -0.2) is 12.5 Å². The van der Waals surface area contributed by atoms with Crippen LogP contribution >= 0.6 is 11.6 Å². The topological polar surface area (TPSA) is 9.23 Å². The van der Waals surface area contributed by atoms with Crippen LogP contribution in [0.25, 0.3) is 5.57 Å². The summed E-state index contributed by atoms with van der Waals surface area (Å²) in [5, 5.41) is 0.0330. The summed E-state index contributed by atoms with van der Waals surface area (Å²) in [5.74, 6) is -0.0107. The van der Waals surface area contributed by atoms with Crippen LogP contribution in [0.4, 0.5) is 4.39 Å². The molecule has 0 saturated carbocycles. The van der Waals surface area contributed by atoms with E-state index in [-0.39, 0.29) is 16.9 Å². The van der Waals surface area contributed by atoms with Crippen LogP contribution in [0.1, 0.15) is 18.4 Å². The van der Waals surface area contributed by atoms with Crippen molar-refractivity contribution >= 4 is 17.2 Å². The Hall–Kier alpha value is -1.02. The molecule has 0 bridgehead atoms. The molecule has 0 amide bonds. The summed E-state index contributed by atoms with van der Waals surface area (Å²) in [7, 11) is 1.47. The van der Waals surface area contributed by atoms with Gasteiger partial charge in [0.25, 0.3) is 0 Å². The van der Waals surface area contributed by atoms with E-state index in [9.17, 15) is 4.39 Å². The Morgan fingerprint density at radius 2 is 2.27 bits per heavy atom. The van der Waals surface area contributed by atoms with Crippen molar-refractivity contribution in [3.05, 3.63) is 35.7 Å². The fraction of sp³-hybridized carbons (Fsp3) is 0.333. The summed E-state index contributed by atoms with van der Waals surface area (Å²) in [6.07, 6.45) is 3.63. The second-order valence-electron chi connectivity index (χ2n) is 3.57. The highest BCUT2D eigenvalue weighted by atomic mass is 35.5. The standard InChI is InChI=1S/C12H12ClFO/c1-15-11-4-2-3-10(12(11)14)8-5-6-9(13)7-8/h2-4,7,9H,5-6H2,1H3. The van der Waals surface area contributed by atoms with Crippen LogP contribution < -0.4 is 4.74 Å². The lowest BCUT2D eigenvalue weighted by Crippen LogP contribution is -1.93. The predicted molar refractivity (Wildman–Crippen MR) is 59.8 cm³/mol. The van der Waals surface area contributed by atoms with Crippen molar-refractivity contribution in [1.29, 1.82) is 0 Å². The average molecular weight is 227 g/mol. The molecule has 1 aliphatic rings. The zero-order valence-electron chi connectivity index (χ0n) is 8.47. The first-order valence-corrected chi connectivity index (χ1v) is 5.33. The molecule has 1 aliphatic carbocycles. The van der Waals surface area contributed by atoms with Crippen LogP contribution in [0.15, 0.2) is 24.3 Å². The highest BCUT2D eigenvalue weighted by Crippen LogP contribution is 2.34. The molecule has 0 spiro atoms. The highest BCUT2D eigenvalue weighted by molar-refractivity contribution is 6.22. The number of rotatable bonds is 2. The zero-order chi connectivity index (χ0) is 10.8. The zero-order valence-corrected chi connectivity index (χ0v) is 9.22. The van der Waals surface area contributed by atoms with E-state index >= 15 is 0 Å². The van der Waals surface area contributed by atoms with Crippen molar-refractivity contribution in [3.8, 4) is 5.75 Å². The Morgan fingerprint density at radius 3 is 2.87 bits per heavy atom. The summed E-state index contributed by atoms with van der Waals surface area (Å²) >= 11 is 5.95. The SMILES string of the molecule is COc1cccc(C2=CC(Cl)CC2)c1F. The maximum absolute atomic E-state index is 13.8. The van der Waals surface area contributed by atoms with Gasteiger partial charge in [0.2, 0.25) is 0 Å². The van der Waals surface area contributed by atoms with Crippen molar-refractivity contribution in [2.45, 2.75) is 18.2 Å². The Balaban J connectivity index is 2.40. The Labute approximate surface area is 93.5 Å².